The summed E-state index contributed by atoms with van der Waals surface area (Å²) in [5.74, 6) is 1.53. The van der Waals surface area contributed by atoms with Crippen LogP contribution >= 0.6 is 11.8 Å². The van der Waals surface area contributed by atoms with Gasteiger partial charge in [0.15, 0.2) is 16.7 Å². The van der Waals surface area contributed by atoms with Gasteiger partial charge in [-0.1, -0.05) is 17.8 Å². The first-order valence-electron chi connectivity index (χ1n) is 9.29. The highest BCUT2D eigenvalue weighted by Crippen LogP contribution is 2.24. The molecule has 2 heterocycles. The average Bonchev–Trinajstić information content (AvgIpc) is 3.41. The van der Waals surface area contributed by atoms with Gasteiger partial charge in [0.05, 0.1) is 25.7 Å². The lowest BCUT2D eigenvalue weighted by Gasteiger charge is -2.16. The number of rotatable bonds is 9. The summed E-state index contributed by atoms with van der Waals surface area (Å²) in [6.45, 7) is 2.55. The second-order valence-electron chi connectivity index (χ2n) is 6.35. The zero-order chi connectivity index (χ0) is 21.5. The first-order chi connectivity index (χ1) is 14.5. The fourth-order valence-corrected chi connectivity index (χ4v) is 3.65. The van der Waals surface area contributed by atoms with Gasteiger partial charge in [0.2, 0.25) is 11.8 Å². The van der Waals surface area contributed by atoms with Crippen molar-refractivity contribution in [2.75, 3.05) is 31.8 Å². The number of benzene rings is 1. The largest absolute Gasteiger partial charge is 0.497 e. The number of nitrogens with one attached hydrogen (secondary N) is 1. The molecule has 0 unspecified atom stereocenters. The first-order valence-corrected chi connectivity index (χ1v) is 10.3. The van der Waals surface area contributed by atoms with E-state index >= 15 is 0 Å². The summed E-state index contributed by atoms with van der Waals surface area (Å²) in [5, 5.41) is 11.7. The average molecular weight is 430 g/mol. The third-order valence-corrected chi connectivity index (χ3v) is 5.21. The van der Waals surface area contributed by atoms with Crippen LogP contribution in [-0.4, -0.2) is 57.9 Å². The molecule has 0 saturated heterocycles. The van der Waals surface area contributed by atoms with Crippen LogP contribution < -0.4 is 10.1 Å². The van der Waals surface area contributed by atoms with Gasteiger partial charge in [-0.05, 0) is 31.2 Å². The van der Waals surface area contributed by atoms with Crippen molar-refractivity contribution >= 4 is 29.3 Å². The topological polar surface area (TPSA) is 102 Å². The van der Waals surface area contributed by atoms with Gasteiger partial charge in [-0.25, -0.2) is 0 Å². The van der Waals surface area contributed by atoms with Crippen LogP contribution in [0.25, 0.3) is 11.6 Å². The zero-order valence-corrected chi connectivity index (χ0v) is 17.8. The normalized spacial score (nSPS) is 10.6. The van der Waals surface area contributed by atoms with Gasteiger partial charge in [-0.2, -0.15) is 0 Å². The molecule has 1 N–H and O–H groups in total. The third kappa shape index (κ3) is 5.20. The number of furan rings is 1. The minimum Gasteiger partial charge on any atom is -0.497 e. The van der Waals surface area contributed by atoms with Gasteiger partial charge in [0.1, 0.15) is 5.75 Å². The lowest BCUT2D eigenvalue weighted by molar-refractivity contribution is -0.131. The smallest absolute Gasteiger partial charge is 0.243 e. The lowest BCUT2D eigenvalue weighted by Crippen LogP contribution is -2.36. The summed E-state index contributed by atoms with van der Waals surface area (Å²) in [6, 6.07) is 10.6. The zero-order valence-electron chi connectivity index (χ0n) is 17.0. The summed E-state index contributed by atoms with van der Waals surface area (Å²) in [7, 11) is 3.15. The van der Waals surface area contributed by atoms with E-state index in [0.717, 1.165) is 0 Å². The molecule has 0 spiro atoms. The van der Waals surface area contributed by atoms with Crippen molar-refractivity contribution < 1.29 is 18.7 Å². The Hall–Kier alpha value is -3.27. The van der Waals surface area contributed by atoms with Crippen LogP contribution in [0.4, 0.5) is 5.69 Å². The number of carbonyl (C=O) groups is 2. The first kappa shape index (κ1) is 21.4. The molecule has 1 aromatic carbocycles. The lowest BCUT2D eigenvalue weighted by atomic mass is 10.3. The van der Waals surface area contributed by atoms with Crippen LogP contribution in [0.3, 0.4) is 0 Å². The van der Waals surface area contributed by atoms with Crippen molar-refractivity contribution in [1.29, 1.82) is 0 Å². The molecule has 9 nitrogen and oxygen atoms in total. The SMILES string of the molecule is CCn1c(SCC(=O)N(C)CC(=O)Nc2cccc(OC)c2)nnc1-c1ccco1. The van der Waals surface area contributed by atoms with Crippen LogP contribution in [0.15, 0.2) is 52.2 Å². The van der Waals surface area contributed by atoms with E-state index in [4.69, 9.17) is 9.15 Å². The summed E-state index contributed by atoms with van der Waals surface area (Å²) < 4.78 is 12.4. The Morgan fingerprint density at radius 1 is 1.27 bits per heavy atom. The Bertz CT molecular complexity index is 1000. The molecule has 0 fully saturated rings. The highest BCUT2D eigenvalue weighted by atomic mass is 32.2. The molecule has 0 atom stereocenters. The van der Waals surface area contributed by atoms with Crippen molar-refractivity contribution in [1.82, 2.24) is 19.7 Å². The second-order valence-corrected chi connectivity index (χ2v) is 7.29. The molecule has 0 bridgehead atoms. The molecule has 2 aromatic heterocycles. The molecule has 2 amide bonds. The van der Waals surface area contributed by atoms with Gasteiger partial charge in [0.25, 0.3) is 0 Å². The highest BCUT2D eigenvalue weighted by Gasteiger charge is 2.18. The van der Waals surface area contributed by atoms with Crippen LogP contribution in [0.5, 0.6) is 5.75 Å². The monoisotopic (exact) mass is 429 g/mol. The fourth-order valence-electron chi connectivity index (χ4n) is 2.71. The molecular formula is C20H23N5O4S. The Morgan fingerprint density at radius 2 is 2.10 bits per heavy atom. The Morgan fingerprint density at radius 3 is 2.80 bits per heavy atom. The summed E-state index contributed by atoms with van der Waals surface area (Å²) in [6.07, 6.45) is 1.58. The van der Waals surface area contributed by atoms with E-state index in [1.54, 1.807) is 50.8 Å². The molecule has 3 rings (SSSR count). The highest BCUT2D eigenvalue weighted by molar-refractivity contribution is 7.99. The number of ether oxygens (including phenoxy) is 1. The van der Waals surface area contributed by atoms with Gasteiger partial charge < -0.3 is 19.4 Å². The molecule has 158 valence electrons. The number of aromatic nitrogens is 3. The molecule has 30 heavy (non-hydrogen) atoms. The van der Waals surface area contributed by atoms with Crippen molar-refractivity contribution in [3.63, 3.8) is 0 Å². The number of likely N-dealkylation sites (N-methyl/N-ethyl adjacent to an activating group) is 1. The maximum absolute atomic E-state index is 12.5. The minimum absolute atomic E-state index is 0.0608. The van der Waals surface area contributed by atoms with E-state index in [-0.39, 0.29) is 24.1 Å². The van der Waals surface area contributed by atoms with Crippen LogP contribution in [0.2, 0.25) is 0 Å². The Balaban J connectivity index is 1.54. The standard InChI is InChI=1S/C20H23N5O4S/c1-4-25-19(16-9-6-10-29-16)22-23-20(25)30-13-18(27)24(2)12-17(26)21-14-7-5-8-15(11-14)28-3/h5-11H,4,12-13H2,1-3H3,(H,21,26). The molecule has 10 heteroatoms. The van der Waals surface area contributed by atoms with Crippen LogP contribution in [0.1, 0.15) is 6.92 Å². The molecule has 0 aliphatic carbocycles. The number of methoxy groups -OCH3 is 1. The van der Waals surface area contributed by atoms with Crippen molar-refractivity contribution in [2.45, 2.75) is 18.6 Å². The van der Waals surface area contributed by atoms with Gasteiger partial charge >= 0.3 is 0 Å². The van der Waals surface area contributed by atoms with Crippen molar-refractivity contribution in [3.8, 4) is 17.3 Å². The predicted octanol–water partition coefficient (Wildman–Crippen LogP) is 2.76. The van der Waals surface area contributed by atoms with E-state index in [2.05, 4.69) is 15.5 Å². The predicted molar refractivity (Wildman–Crippen MR) is 113 cm³/mol. The molecule has 0 aliphatic heterocycles. The fraction of sp³-hybridized carbons (Fsp3) is 0.300. The Labute approximate surface area is 178 Å². The molecule has 0 saturated carbocycles. The minimum atomic E-state index is -0.291. The number of hydrogen-bond acceptors (Lipinski definition) is 7. The third-order valence-electron chi connectivity index (χ3n) is 4.26. The maximum atomic E-state index is 12.5. The number of amides is 2. The second kappa shape index (κ2) is 9.97. The van der Waals surface area contributed by atoms with Crippen LogP contribution in [0, 0.1) is 0 Å². The number of hydrogen-bond donors (Lipinski definition) is 1. The van der Waals surface area contributed by atoms with E-state index in [9.17, 15) is 9.59 Å². The number of anilines is 1. The number of nitrogens with zero attached hydrogens (tertiary/aromatic N) is 4. The quantitative estimate of drug-likeness (QED) is 0.522. The molecular weight excluding hydrogens is 406 g/mol. The van der Waals surface area contributed by atoms with Gasteiger partial charge in [0, 0.05) is 25.3 Å². The summed E-state index contributed by atoms with van der Waals surface area (Å²) >= 11 is 1.27. The van der Waals surface area contributed by atoms with E-state index in [1.807, 2.05) is 17.6 Å². The summed E-state index contributed by atoms with van der Waals surface area (Å²) in [5.41, 5.74) is 0.607. The molecule has 0 aliphatic rings. The van der Waals surface area contributed by atoms with Crippen LogP contribution in [-0.2, 0) is 16.1 Å². The maximum Gasteiger partial charge on any atom is 0.243 e. The van der Waals surface area contributed by atoms with Gasteiger partial charge in [-0.3, -0.25) is 14.2 Å². The number of carbonyl (C=O) groups excluding carboxylic acids is 2. The van der Waals surface area contributed by atoms with E-state index in [1.165, 1.54) is 16.7 Å². The molecule has 0 radical (unpaired) electrons. The van der Waals surface area contributed by atoms with E-state index in [0.29, 0.717) is 34.7 Å². The summed E-state index contributed by atoms with van der Waals surface area (Å²) in [4.78, 5) is 26.1. The van der Waals surface area contributed by atoms with Gasteiger partial charge in [-0.15, -0.1) is 10.2 Å². The molecule has 3 aromatic rings. The Kier molecular flexibility index (Phi) is 7.12. The van der Waals surface area contributed by atoms with E-state index < -0.39 is 0 Å². The number of thioether (sulfide) groups is 1. The van der Waals surface area contributed by atoms with Crippen molar-refractivity contribution in [3.05, 3.63) is 42.7 Å². The van der Waals surface area contributed by atoms with Crippen molar-refractivity contribution in [2.24, 2.45) is 0 Å².